The molecule has 1 amide bonds. The third kappa shape index (κ3) is 5.73. The fourth-order valence-electron chi connectivity index (χ4n) is 3.21. The zero-order valence-corrected chi connectivity index (χ0v) is 20.5. The first-order valence-corrected chi connectivity index (χ1v) is 11.6. The molecule has 1 aliphatic rings. The number of nitrogens with one attached hydrogen (secondary N) is 1. The van der Waals surface area contributed by atoms with Crippen LogP contribution in [0.3, 0.4) is 0 Å². The molecule has 34 heavy (non-hydrogen) atoms. The van der Waals surface area contributed by atoms with Crippen molar-refractivity contribution in [2.75, 3.05) is 14.2 Å². The molecule has 8 heteroatoms. The van der Waals surface area contributed by atoms with Gasteiger partial charge in [-0.25, -0.2) is 4.99 Å². The molecule has 3 aromatic rings. The van der Waals surface area contributed by atoms with Gasteiger partial charge in [-0.1, -0.05) is 41.4 Å². The van der Waals surface area contributed by atoms with Gasteiger partial charge in [-0.2, -0.15) is 0 Å². The molecule has 0 spiro atoms. The highest BCUT2D eigenvalue weighted by Gasteiger charge is 2.24. The minimum absolute atomic E-state index is 0.230. The first-order chi connectivity index (χ1) is 16.4. The van der Waals surface area contributed by atoms with Crippen LogP contribution >= 0.6 is 23.4 Å². The van der Waals surface area contributed by atoms with E-state index < -0.39 is 0 Å². The lowest BCUT2D eigenvalue weighted by molar-refractivity contribution is -0.115. The van der Waals surface area contributed by atoms with Gasteiger partial charge in [0.15, 0.2) is 16.7 Å². The molecule has 174 valence electrons. The van der Waals surface area contributed by atoms with Gasteiger partial charge >= 0.3 is 0 Å². The Kier molecular flexibility index (Phi) is 7.45. The van der Waals surface area contributed by atoms with E-state index in [9.17, 15) is 4.79 Å². The smallest absolute Gasteiger partial charge is 0.264 e. The van der Waals surface area contributed by atoms with E-state index in [1.54, 1.807) is 32.4 Å². The van der Waals surface area contributed by atoms with Crippen LogP contribution in [-0.2, 0) is 11.4 Å². The van der Waals surface area contributed by atoms with Crippen molar-refractivity contribution in [2.24, 2.45) is 4.99 Å². The zero-order chi connectivity index (χ0) is 24.1. The van der Waals surface area contributed by atoms with Crippen LogP contribution in [-0.4, -0.2) is 25.3 Å². The summed E-state index contributed by atoms with van der Waals surface area (Å²) in [7, 11) is 3.16. The van der Waals surface area contributed by atoms with Gasteiger partial charge < -0.3 is 19.5 Å². The summed E-state index contributed by atoms with van der Waals surface area (Å²) in [6, 6.07) is 18.9. The Balaban J connectivity index is 1.51. The van der Waals surface area contributed by atoms with E-state index >= 15 is 0 Å². The number of methoxy groups -OCH3 is 2. The number of rotatable bonds is 7. The Bertz CT molecular complexity index is 1260. The van der Waals surface area contributed by atoms with Crippen molar-refractivity contribution in [1.29, 1.82) is 0 Å². The summed E-state index contributed by atoms with van der Waals surface area (Å²) < 4.78 is 16.6. The second-order valence-electron chi connectivity index (χ2n) is 7.49. The number of thioether (sulfide) groups is 1. The number of hydrogen-bond acceptors (Lipinski definition) is 6. The van der Waals surface area contributed by atoms with Gasteiger partial charge in [0.1, 0.15) is 12.4 Å². The van der Waals surface area contributed by atoms with Crippen molar-refractivity contribution in [2.45, 2.75) is 13.5 Å². The summed E-state index contributed by atoms with van der Waals surface area (Å²) >= 11 is 7.77. The van der Waals surface area contributed by atoms with Gasteiger partial charge in [0, 0.05) is 0 Å². The van der Waals surface area contributed by atoms with Crippen LogP contribution in [0, 0.1) is 6.92 Å². The van der Waals surface area contributed by atoms with Crippen LogP contribution in [0.15, 0.2) is 70.6 Å². The highest BCUT2D eigenvalue weighted by atomic mass is 35.5. The minimum atomic E-state index is -0.230. The van der Waals surface area contributed by atoms with E-state index in [1.807, 2.05) is 55.5 Å². The van der Waals surface area contributed by atoms with Crippen LogP contribution in [0.25, 0.3) is 6.08 Å². The molecule has 0 atom stereocenters. The number of halogens is 1. The average Bonchev–Trinajstić information content (AvgIpc) is 3.17. The summed E-state index contributed by atoms with van der Waals surface area (Å²) in [5.41, 5.74) is 3.64. The quantitative estimate of drug-likeness (QED) is 0.400. The van der Waals surface area contributed by atoms with Gasteiger partial charge in [-0.15, -0.1) is 0 Å². The molecule has 0 unspecified atom stereocenters. The number of nitrogens with zero attached hydrogens (tertiary/aromatic N) is 1. The molecule has 1 saturated heterocycles. The molecule has 1 N–H and O–H groups in total. The standard InChI is InChI=1S/C26H23ClN2O4S/c1-16-4-6-17(7-5-16)15-33-24-21(27)12-18(13-22(24)32-3)14-23-25(30)29-26(34-23)28-19-8-10-20(31-2)11-9-19/h4-14H,15H2,1-3H3,(H,28,29,30)/b23-14-. The number of aliphatic imine (C=N–C) groups is 1. The highest BCUT2D eigenvalue weighted by molar-refractivity contribution is 8.18. The average molecular weight is 495 g/mol. The van der Waals surface area contributed by atoms with Crippen molar-refractivity contribution in [3.8, 4) is 17.2 Å². The lowest BCUT2D eigenvalue weighted by atomic mass is 10.1. The van der Waals surface area contributed by atoms with Crippen molar-refractivity contribution in [3.05, 3.63) is 87.3 Å². The van der Waals surface area contributed by atoms with Gasteiger partial charge in [-0.05, 0) is 72.3 Å². The number of amides is 1. The highest BCUT2D eigenvalue weighted by Crippen LogP contribution is 2.38. The third-order valence-electron chi connectivity index (χ3n) is 5.01. The number of benzene rings is 3. The van der Waals surface area contributed by atoms with E-state index in [-0.39, 0.29) is 5.91 Å². The fourth-order valence-corrected chi connectivity index (χ4v) is 4.32. The van der Waals surface area contributed by atoms with E-state index in [0.717, 1.165) is 11.3 Å². The number of carbonyl (C=O) groups is 1. The Hall–Kier alpha value is -3.42. The number of carbonyl (C=O) groups excluding carboxylic acids is 1. The van der Waals surface area contributed by atoms with Gasteiger partial charge in [0.2, 0.25) is 0 Å². The molecule has 1 fully saturated rings. The Morgan fingerprint density at radius 1 is 1.03 bits per heavy atom. The van der Waals surface area contributed by atoms with Crippen LogP contribution in [0.2, 0.25) is 5.02 Å². The largest absolute Gasteiger partial charge is 0.497 e. The van der Waals surface area contributed by atoms with Crippen LogP contribution in [0.4, 0.5) is 5.69 Å². The predicted octanol–water partition coefficient (Wildman–Crippen LogP) is 6.14. The summed E-state index contributed by atoms with van der Waals surface area (Å²) in [6.45, 7) is 2.40. The molecule has 4 rings (SSSR count). The normalized spacial score (nSPS) is 15.5. The second kappa shape index (κ2) is 10.7. The maximum absolute atomic E-state index is 12.5. The van der Waals surface area contributed by atoms with Crippen molar-refractivity contribution in [1.82, 2.24) is 5.32 Å². The zero-order valence-electron chi connectivity index (χ0n) is 18.9. The molecular formula is C26H23ClN2O4S. The van der Waals surface area contributed by atoms with E-state index in [2.05, 4.69) is 10.3 Å². The Morgan fingerprint density at radius 2 is 1.76 bits per heavy atom. The second-order valence-corrected chi connectivity index (χ2v) is 8.93. The maximum Gasteiger partial charge on any atom is 0.264 e. The molecule has 1 heterocycles. The first kappa shape index (κ1) is 23.7. The number of amidine groups is 1. The SMILES string of the molecule is COc1ccc(N=C2NC(=O)/C(=C/c3cc(Cl)c(OCc4ccc(C)cc4)c(OC)c3)S2)cc1. The van der Waals surface area contributed by atoms with E-state index in [4.69, 9.17) is 25.8 Å². The van der Waals surface area contributed by atoms with Gasteiger partial charge in [-0.3, -0.25) is 4.79 Å². The first-order valence-electron chi connectivity index (χ1n) is 10.4. The number of aryl methyl sites for hydroxylation is 1. The molecule has 0 bridgehead atoms. The Labute approximate surface area is 207 Å². The van der Waals surface area contributed by atoms with Crippen LogP contribution < -0.4 is 19.5 Å². The van der Waals surface area contributed by atoms with E-state index in [0.29, 0.717) is 44.5 Å². The number of hydrogen-bond donors (Lipinski definition) is 1. The third-order valence-corrected chi connectivity index (χ3v) is 6.20. The van der Waals surface area contributed by atoms with Crippen LogP contribution in [0.1, 0.15) is 16.7 Å². The summed E-state index contributed by atoms with van der Waals surface area (Å²) in [4.78, 5) is 17.5. The lowest BCUT2D eigenvalue weighted by Crippen LogP contribution is -2.19. The summed E-state index contributed by atoms with van der Waals surface area (Å²) in [5.74, 6) is 1.45. The summed E-state index contributed by atoms with van der Waals surface area (Å²) in [6.07, 6.45) is 1.74. The van der Waals surface area contributed by atoms with Crippen molar-refractivity contribution in [3.63, 3.8) is 0 Å². The molecule has 3 aromatic carbocycles. The molecule has 1 aliphatic heterocycles. The summed E-state index contributed by atoms with van der Waals surface area (Å²) in [5, 5.41) is 3.68. The maximum atomic E-state index is 12.5. The Morgan fingerprint density at radius 3 is 2.44 bits per heavy atom. The van der Waals surface area contributed by atoms with E-state index in [1.165, 1.54) is 17.3 Å². The number of ether oxygens (including phenoxy) is 3. The molecular weight excluding hydrogens is 472 g/mol. The molecule has 6 nitrogen and oxygen atoms in total. The molecule has 0 aliphatic carbocycles. The monoisotopic (exact) mass is 494 g/mol. The van der Waals surface area contributed by atoms with Crippen molar-refractivity contribution >= 4 is 46.2 Å². The van der Waals surface area contributed by atoms with Gasteiger partial charge in [0.05, 0.1) is 29.8 Å². The molecule has 0 aromatic heterocycles. The molecule has 0 saturated carbocycles. The predicted molar refractivity (Wildman–Crippen MR) is 137 cm³/mol. The van der Waals surface area contributed by atoms with Gasteiger partial charge in [0.25, 0.3) is 5.91 Å². The minimum Gasteiger partial charge on any atom is -0.497 e. The topological polar surface area (TPSA) is 69.2 Å². The van der Waals surface area contributed by atoms with Crippen LogP contribution in [0.5, 0.6) is 17.2 Å². The molecule has 0 radical (unpaired) electrons. The van der Waals surface area contributed by atoms with Crippen molar-refractivity contribution < 1.29 is 19.0 Å². The lowest BCUT2D eigenvalue weighted by Gasteiger charge is -2.13. The fraction of sp³-hybridized carbons (Fsp3) is 0.154.